The molecule has 6 heteroatoms. The minimum Gasteiger partial charge on any atom is -0.348 e. The van der Waals surface area contributed by atoms with Gasteiger partial charge in [-0.15, -0.1) is 0 Å². The molecule has 3 amide bonds. The van der Waals surface area contributed by atoms with Gasteiger partial charge in [-0.1, -0.05) is 92.2 Å². The summed E-state index contributed by atoms with van der Waals surface area (Å²) in [4.78, 5) is 42.1. The first-order valence-electron chi connectivity index (χ1n) is 11.9. The molecule has 1 aliphatic rings. The molecule has 0 saturated heterocycles. The Morgan fingerprint density at radius 2 is 1.26 bits per heavy atom. The van der Waals surface area contributed by atoms with Gasteiger partial charge in [-0.2, -0.15) is 0 Å². The number of hydrogen-bond acceptors (Lipinski definition) is 3. The topological polar surface area (TPSA) is 78.5 Å². The lowest BCUT2D eigenvalue weighted by molar-refractivity contribution is -0.124. The van der Waals surface area contributed by atoms with Gasteiger partial charge in [0.2, 0.25) is 0 Å². The molecule has 0 aliphatic carbocycles. The smallest absolute Gasteiger partial charge is 0.259 e. The molecule has 0 unspecified atom stereocenters. The number of carbonyl (C=O) groups excluding carboxylic acids is 3. The van der Waals surface area contributed by atoms with Gasteiger partial charge in [-0.3, -0.25) is 14.4 Å². The maximum Gasteiger partial charge on any atom is 0.259 e. The molecular weight excluding hydrogens is 438 g/mol. The van der Waals surface area contributed by atoms with Gasteiger partial charge in [0, 0.05) is 25.2 Å². The molecule has 1 heterocycles. The number of rotatable bonds is 9. The van der Waals surface area contributed by atoms with Crippen LogP contribution >= 0.6 is 0 Å². The van der Waals surface area contributed by atoms with Crippen LogP contribution in [0, 0.1) is 0 Å². The lowest BCUT2D eigenvalue weighted by Crippen LogP contribution is -2.37. The van der Waals surface area contributed by atoms with E-state index in [0.717, 1.165) is 29.7 Å². The highest BCUT2D eigenvalue weighted by Gasteiger charge is 2.38. The van der Waals surface area contributed by atoms with Crippen LogP contribution in [0.5, 0.6) is 0 Å². The maximum absolute atomic E-state index is 13.6. The van der Waals surface area contributed by atoms with Crippen LogP contribution in [0.3, 0.4) is 0 Å². The maximum atomic E-state index is 13.6. The van der Waals surface area contributed by atoms with Gasteiger partial charge in [0.05, 0.1) is 11.3 Å². The number of fused-ring (bicyclic) bond motifs is 1. The van der Waals surface area contributed by atoms with Crippen LogP contribution in [0.15, 0.2) is 90.5 Å². The molecule has 3 aromatic carbocycles. The predicted octanol–water partition coefficient (Wildman–Crippen LogP) is 4.22. The van der Waals surface area contributed by atoms with E-state index in [2.05, 4.69) is 17.6 Å². The van der Waals surface area contributed by atoms with Crippen molar-refractivity contribution in [1.82, 2.24) is 10.6 Å². The van der Waals surface area contributed by atoms with Crippen molar-refractivity contribution in [2.45, 2.75) is 32.9 Å². The number of carbonyl (C=O) groups is 3. The monoisotopic (exact) mass is 467 g/mol. The highest BCUT2D eigenvalue weighted by atomic mass is 16.2. The fourth-order valence-corrected chi connectivity index (χ4v) is 4.12. The molecule has 2 N–H and O–H groups in total. The van der Waals surface area contributed by atoms with Crippen molar-refractivity contribution in [2.24, 2.45) is 0 Å². The van der Waals surface area contributed by atoms with E-state index >= 15 is 0 Å². The summed E-state index contributed by atoms with van der Waals surface area (Å²) >= 11 is 0. The van der Waals surface area contributed by atoms with Crippen molar-refractivity contribution in [2.75, 3.05) is 11.4 Å². The Balaban J connectivity index is 1.70. The average molecular weight is 468 g/mol. The average Bonchev–Trinajstić information content (AvgIpc) is 3.17. The number of unbranched alkanes of at least 4 members (excludes halogenated alkanes) is 1. The quantitative estimate of drug-likeness (QED) is 0.281. The third kappa shape index (κ3) is 5.49. The number of nitrogens with zero attached hydrogens (tertiary/aromatic N) is 1. The standard InChI is InChI=1S/C29H29N3O3/c1-2-3-18-32-24-17-11-10-16-23(24)25(29(32)35)26(27(33)30-19-21-12-6-4-7-13-21)28(34)31-20-22-14-8-5-9-15-22/h4-17H,2-3,18-20H2,1H3,(H,30,33)(H,31,34). The highest BCUT2D eigenvalue weighted by molar-refractivity contribution is 6.41. The van der Waals surface area contributed by atoms with E-state index in [1.54, 1.807) is 11.0 Å². The van der Waals surface area contributed by atoms with Crippen LogP contribution in [0.2, 0.25) is 0 Å². The van der Waals surface area contributed by atoms with Crippen LogP contribution in [-0.4, -0.2) is 24.3 Å². The first kappa shape index (κ1) is 24.0. The summed E-state index contributed by atoms with van der Waals surface area (Å²) in [5.41, 5.74) is 3.12. The van der Waals surface area contributed by atoms with Crippen LogP contribution in [0.4, 0.5) is 5.69 Å². The second-order valence-electron chi connectivity index (χ2n) is 8.41. The van der Waals surface area contributed by atoms with Crippen molar-refractivity contribution in [3.05, 3.63) is 107 Å². The zero-order valence-electron chi connectivity index (χ0n) is 19.8. The molecule has 0 bridgehead atoms. The lowest BCUT2D eigenvalue weighted by Gasteiger charge is -2.17. The number of anilines is 1. The molecule has 6 nitrogen and oxygen atoms in total. The summed E-state index contributed by atoms with van der Waals surface area (Å²) in [6.07, 6.45) is 1.75. The Morgan fingerprint density at radius 3 is 1.80 bits per heavy atom. The number of para-hydroxylation sites is 1. The van der Waals surface area contributed by atoms with Crippen LogP contribution in [0.1, 0.15) is 36.5 Å². The number of benzene rings is 3. The summed E-state index contributed by atoms with van der Waals surface area (Å²) in [5.74, 6) is -1.47. The predicted molar refractivity (Wildman–Crippen MR) is 137 cm³/mol. The molecule has 4 rings (SSSR count). The summed E-state index contributed by atoms with van der Waals surface area (Å²) in [6, 6.07) is 26.2. The van der Waals surface area contributed by atoms with Gasteiger partial charge in [-0.25, -0.2) is 0 Å². The van der Waals surface area contributed by atoms with Crippen molar-refractivity contribution in [1.29, 1.82) is 0 Å². The van der Waals surface area contributed by atoms with Gasteiger partial charge in [0.1, 0.15) is 5.57 Å². The van der Waals surface area contributed by atoms with Crippen LogP contribution < -0.4 is 15.5 Å². The van der Waals surface area contributed by atoms with E-state index in [9.17, 15) is 14.4 Å². The van der Waals surface area contributed by atoms with Crippen molar-refractivity contribution < 1.29 is 14.4 Å². The normalized spacial score (nSPS) is 12.3. The Bertz CT molecular complexity index is 1180. The Kier molecular flexibility index (Phi) is 7.73. The molecule has 178 valence electrons. The zero-order chi connectivity index (χ0) is 24.6. The minimum absolute atomic E-state index is 0.146. The van der Waals surface area contributed by atoms with E-state index < -0.39 is 11.8 Å². The molecule has 0 atom stereocenters. The number of amides is 3. The molecule has 0 radical (unpaired) electrons. The Morgan fingerprint density at radius 1 is 0.743 bits per heavy atom. The second-order valence-corrected chi connectivity index (χ2v) is 8.41. The van der Waals surface area contributed by atoms with Gasteiger partial charge >= 0.3 is 0 Å². The fraction of sp³-hybridized carbons (Fsp3) is 0.207. The third-order valence-corrected chi connectivity index (χ3v) is 5.95. The number of nitrogens with one attached hydrogen (secondary N) is 2. The van der Waals surface area contributed by atoms with Crippen LogP contribution in [-0.2, 0) is 27.5 Å². The second kappa shape index (κ2) is 11.3. The zero-order valence-corrected chi connectivity index (χ0v) is 19.8. The van der Waals surface area contributed by atoms with Gasteiger partial charge in [-0.05, 0) is 23.6 Å². The molecule has 3 aromatic rings. The molecule has 0 saturated carbocycles. The first-order valence-corrected chi connectivity index (χ1v) is 11.9. The number of hydrogen-bond donors (Lipinski definition) is 2. The Labute approximate surface area is 205 Å². The molecule has 0 aromatic heterocycles. The van der Waals surface area contributed by atoms with Crippen LogP contribution in [0.25, 0.3) is 5.57 Å². The van der Waals surface area contributed by atoms with E-state index in [4.69, 9.17) is 0 Å². The molecular formula is C29H29N3O3. The summed E-state index contributed by atoms with van der Waals surface area (Å²) in [7, 11) is 0. The Hall–Kier alpha value is -4.19. The van der Waals surface area contributed by atoms with Crippen molar-refractivity contribution in [3.63, 3.8) is 0 Å². The van der Waals surface area contributed by atoms with Gasteiger partial charge in [0.25, 0.3) is 17.7 Å². The molecule has 35 heavy (non-hydrogen) atoms. The minimum atomic E-state index is -0.574. The summed E-state index contributed by atoms with van der Waals surface area (Å²) in [6.45, 7) is 3.08. The van der Waals surface area contributed by atoms with Gasteiger partial charge in [0.15, 0.2) is 0 Å². The molecule has 0 spiro atoms. The van der Waals surface area contributed by atoms with Gasteiger partial charge < -0.3 is 15.5 Å². The first-order chi connectivity index (χ1) is 17.1. The third-order valence-electron chi connectivity index (χ3n) is 5.95. The van der Waals surface area contributed by atoms with Crippen molar-refractivity contribution >= 4 is 29.0 Å². The molecule has 1 aliphatic heterocycles. The van der Waals surface area contributed by atoms with E-state index in [-0.39, 0.29) is 30.1 Å². The lowest BCUT2D eigenvalue weighted by atomic mass is 9.99. The highest BCUT2D eigenvalue weighted by Crippen LogP contribution is 2.38. The fourth-order valence-electron chi connectivity index (χ4n) is 4.12. The molecule has 0 fully saturated rings. The van der Waals surface area contributed by atoms with E-state index in [0.29, 0.717) is 12.1 Å². The van der Waals surface area contributed by atoms with Crippen molar-refractivity contribution in [3.8, 4) is 0 Å². The largest absolute Gasteiger partial charge is 0.348 e. The SMILES string of the molecule is CCCCN1C(=O)C(=C(C(=O)NCc2ccccc2)C(=O)NCc2ccccc2)c2ccccc21. The summed E-state index contributed by atoms with van der Waals surface area (Å²) < 4.78 is 0. The summed E-state index contributed by atoms with van der Waals surface area (Å²) in [5, 5.41) is 5.67. The van der Waals surface area contributed by atoms with E-state index in [1.165, 1.54) is 0 Å². The van der Waals surface area contributed by atoms with E-state index in [1.807, 2.05) is 78.9 Å².